The van der Waals surface area contributed by atoms with Gasteiger partial charge in [-0.15, -0.1) is 0 Å². The van der Waals surface area contributed by atoms with Crippen molar-refractivity contribution >= 4 is 35.8 Å². The van der Waals surface area contributed by atoms with E-state index in [1.165, 1.54) is 24.3 Å². The summed E-state index contributed by atoms with van der Waals surface area (Å²) in [5.41, 5.74) is 0.861. The molecule has 0 amide bonds. The van der Waals surface area contributed by atoms with E-state index >= 15 is 0 Å². The van der Waals surface area contributed by atoms with Crippen LogP contribution in [0.2, 0.25) is 0 Å². The summed E-state index contributed by atoms with van der Waals surface area (Å²) in [4.78, 5) is 0.159. The van der Waals surface area contributed by atoms with Gasteiger partial charge in [0.2, 0.25) is 10.0 Å². The first kappa shape index (κ1) is 20.1. The van der Waals surface area contributed by atoms with Gasteiger partial charge in [-0.2, -0.15) is 0 Å². The SMILES string of the molecule is CCC(NS(=O)(=O)c1ccc(S(=O)(=O)CC)cc1)c1ccc(Br)cc1. The van der Waals surface area contributed by atoms with E-state index in [1.807, 2.05) is 31.2 Å². The molecule has 0 saturated heterocycles. The predicted octanol–water partition coefficient (Wildman–Crippen LogP) is 3.67. The maximum Gasteiger partial charge on any atom is 0.241 e. The van der Waals surface area contributed by atoms with E-state index in [9.17, 15) is 16.8 Å². The van der Waals surface area contributed by atoms with Crippen LogP contribution in [0.1, 0.15) is 31.9 Å². The number of nitrogens with one attached hydrogen (secondary N) is 1. The molecule has 1 N–H and O–H groups in total. The van der Waals surface area contributed by atoms with Gasteiger partial charge in [-0.25, -0.2) is 21.6 Å². The fraction of sp³-hybridized carbons (Fsp3) is 0.294. The molecule has 0 aliphatic heterocycles. The number of benzene rings is 2. The second kappa shape index (κ2) is 7.99. The molecule has 1 unspecified atom stereocenters. The Balaban J connectivity index is 2.27. The van der Waals surface area contributed by atoms with Gasteiger partial charge in [-0.05, 0) is 48.4 Å². The third-order valence-corrected chi connectivity index (χ3v) is 7.62. The average Bonchev–Trinajstić information content (AvgIpc) is 2.60. The Kier molecular flexibility index (Phi) is 6.42. The Hall–Kier alpha value is -1.22. The minimum absolute atomic E-state index is 0.0289. The summed E-state index contributed by atoms with van der Waals surface area (Å²) < 4.78 is 52.5. The normalized spacial score (nSPS) is 13.6. The van der Waals surface area contributed by atoms with Crippen LogP contribution in [-0.4, -0.2) is 22.6 Å². The summed E-state index contributed by atoms with van der Waals surface area (Å²) in [5.74, 6) is -0.0289. The molecular weight excluding hydrogens is 426 g/mol. The molecule has 0 heterocycles. The third kappa shape index (κ3) is 4.91. The summed E-state index contributed by atoms with van der Waals surface area (Å²) >= 11 is 3.36. The van der Waals surface area contributed by atoms with E-state index in [0.29, 0.717) is 6.42 Å². The molecule has 2 aromatic rings. The molecule has 0 bridgehead atoms. The van der Waals surface area contributed by atoms with E-state index in [0.717, 1.165) is 10.0 Å². The zero-order valence-corrected chi connectivity index (χ0v) is 17.2. The van der Waals surface area contributed by atoms with Gasteiger partial charge < -0.3 is 0 Å². The van der Waals surface area contributed by atoms with E-state index in [1.54, 1.807) is 6.92 Å². The van der Waals surface area contributed by atoms with Gasteiger partial charge in [0.15, 0.2) is 9.84 Å². The molecule has 0 aliphatic carbocycles. The van der Waals surface area contributed by atoms with E-state index in [4.69, 9.17) is 0 Å². The number of sulfonamides is 1. The van der Waals surface area contributed by atoms with Crippen molar-refractivity contribution in [2.45, 2.75) is 36.1 Å². The molecule has 136 valence electrons. The summed E-state index contributed by atoms with van der Waals surface area (Å²) in [5, 5.41) is 0. The van der Waals surface area contributed by atoms with Crippen LogP contribution in [0.3, 0.4) is 0 Å². The Bertz CT molecular complexity index is 922. The zero-order valence-electron chi connectivity index (χ0n) is 13.9. The lowest BCUT2D eigenvalue weighted by Gasteiger charge is -2.18. The minimum Gasteiger partial charge on any atom is -0.224 e. The highest BCUT2D eigenvalue weighted by Crippen LogP contribution is 2.23. The Labute approximate surface area is 157 Å². The summed E-state index contributed by atoms with van der Waals surface area (Å²) in [6.45, 7) is 3.44. The molecule has 5 nitrogen and oxygen atoms in total. The summed E-state index contributed by atoms with van der Waals surface area (Å²) in [6, 6.07) is 12.4. The highest BCUT2D eigenvalue weighted by molar-refractivity contribution is 9.10. The first-order chi connectivity index (χ1) is 11.7. The lowest BCUT2D eigenvalue weighted by Crippen LogP contribution is -2.28. The van der Waals surface area contributed by atoms with Crippen LogP contribution < -0.4 is 4.72 Å². The molecule has 25 heavy (non-hydrogen) atoms. The van der Waals surface area contributed by atoms with E-state index in [-0.39, 0.29) is 21.6 Å². The topological polar surface area (TPSA) is 80.3 Å². The van der Waals surface area contributed by atoms with Gasteiger partial charge in [-0.3, -0.25) is 0 Å². The molecule has 0 radical (unpaired) electrons. The largest absolute Gasteiger partial charge is 0.241 e. The molecule has 2 aromatic carbocycles. The van der Waals surface area contributed by atoms with E-state index < -0.39 is 19.9 Å². The summed E-state index contributed by atoms with van der Waals surface area (Å²) in [6.07, 6.45) is 0.586. The smallest absolute Gasteiger partial charge is 0.224 e. The van der Waals surface area contributed by atoms with Crippen molar-refractivity contribution < 1.29 is 16.8 Å². The van der Waals surface area contributed by atoms with Crippen molar-refractivity contribution in [2.75, 3.05) is 5.75 Å². The molecule has 0 spiro atoms. The fourth-order valence-electron chi connectivity index (χ4n) is 2.33. The maximum absolute atomic E-state index is 12.6. The third-order valence-electron chi connectivity index (χ3n) is 3.85. The van der Waals surface area contributed by atoms with Gasteiger partial charge in [0, 0.05) is 10.5 Å². The van der Waals surface area contributed by atoms with Crippen molar-refractivity contribution in [1.82, 2.24) is 4.72 Å². The van der Waals surface area contributed by atoms with Crippen LogP contribution in [-0.2, 0) is 19.9 Å². The van der Waals surface area contributed by atoms with Gasteiger partial charge in [0.05, 0.1) is 15.5 Å². The maximum atomic E-state index is 12.6. The lowest BCUT2D eigenvalue weighted by molar-refractivity contribution is 0.550. The van der Waals surface area contributed by atoms with Gasteiger partial charge >= 0.3 is 0 Å². The standard InChI is InChI=1S/C17H20BrNO4S2/c1-3-17(13-5-7-14(18)8-6-13)19-25(22,23)16-11-9-15(10-12-16)24(20,21)4-2/h5-12,17,19H,3-4H2,1-2H3. The number of sulfone groups is 1. The first-order valence-electron chi connectivity index (χ1n) is 7.80. The fourth-order valence-corrected chi connectivity index (χ4v) is 4.79. The Morgan fingerprint density at radius 2 is 1.40 bits per heavy atom. The predicted molar refractivity (Wildman–Crippen MR) is 102 cm³/mol. The van der Waals surface area contributed by atoms with Crippen molar-refractivity contribution in [2.24, 2.45) is 0 Å². The highest BCUT2D eigenvalue weighted by atomic mass is 79.9. The number of hydrogen-bond acceptors (Lipinski definition) is 4. The Morgan fingerprint density at radius 3 is 1.88 bits per heavy atom. The van der Waals surface area contributed by atoms with Gasteiger partial charge in [0.25, 0.3) is 0 Å². The number of halogens is 1. The average molecular weight is 446 g/mol. The molecule has 0 fully saturated rings. The minimum atomic E-state index is -3.76. The summed E-state index contributed by atoms with van der Waals surface area (Å²) in [7, 11) is -7.11. The van der Waals surface area contributed by atoms with Crippen molar-refractivity contribution in [3.8, 4) is 0 Å². The zero-order chi connectivity index (χ0) is 18.7. The van der Waals surface area contributed by atoms with Crippen molar-refractivity contribution in [3.05, 3.63) is 58.6 Å². The second-order valence-corrected chi connectivity index (χ2v) is 10.4. The Morgan fingerprint density at radius 1 is 0.880 bits per heavy atom. The quantitative estimate of drug-likeness (QED) is 0.704. The van der Waals surface area contributed by atoms with Crippen LogP contribution in [0.25, 0.3) is 0 Å². The molecule has 0 aliphatic rings. The second-order valence-electron chi connectivity index (χ2n) is 5.51. The molecule has 2 rings (SSSR count). The molecule has 0 saturated carbocycles. The number of rotatable bonds is 7. The monoisotopic (exact) mass is 445 g/mol. The van der Waals surface area contributed by atoms with Crippen LogP contribution in [0.4, 0.5) is 0 Å². The van der Waals surface area contributed by atoms with E-state index in [2.05, 4.69) is 20.7 Å². The van der Waals surface area contributed by atoms with Crippen molar-refractivity contribution in [1.29, 1.82) is 0 Å². The van der Waals surface area contributed by atoms with Crippen LogP contribution >= 0.6 is 15.9 Å². The van der Waals surface area contributed by atoms with Crippen LogP contribution in [0, 0.1) is 0 Å². The molecule has 8 heteroatoms. The molecule has 1 atom stereocenters. The molecular formula is C17H20BrNO4S2. The van der Waals surface area contributed by atoms with Crippen molar-refractivity contribution in [3.63, 3.8) is 0 Å². The number of hydrogen-bond donors (Lipinski definition) is 1. The van der Waals surface area contributed by atoms with Gasteiger partial charge in [-0.1, -0.05) is 41.9 Å². The first-order valence-corrected chi connectivity index (χ1v) is 11.7. The lowest BCUT2D eigenvalue weighted by atomic mass is 10.1. The highest BCUT2D eigenvalue weighted by Gasteiger charge is 2.21. The van der Waals surface area contributed by atoms with Crippen LogP contribution in [0.15, 0.2) is 62.8 Å². The van der Waals surface area contributed by atoms with Gasteiger partial charge in [0.1, 0.15) is 0 Å². The molecule has 0 aromatic heterocycles. The van der Waals surface area contributed by atoms with Crippen LogP contribution in [0.5, 0.6) is 0 Å².